The standard InChI is InChI=1S/C12H23N3O3S/c13-12(18)15-5-1-3-10(9-15)11(17)14-4-8-19-7-2-6-16/h10,16H,1-9H2,(H2,13,18)(H,14,17). The molecule has 7 heteroatoms. The Bertz CT molecular complexity index is 302. The minimum atomic E-state index is -0.447. The van der Waals surface area contributed by atoms with Crippen molar-refractivity contribution in [2.75, 3.05) is 37.7 Å². The third-order valence-corrected chi connectivity index (χ3v) is 4.17. The summed E-state index contributed by atoms with van der Waals surface area (Å²) in [6.07, 6.45) is 2.42. The van der Waals surface area contributed by atoms with Crippen molar-refractivity contribution in [3.63, 3.8) is 0 Å². The highest BCUT2D eigenvalue weighted by Crippen LogP contribution is 2.16. The van der Waals surface area contributed by atoms with Crippen molar-refractivity contribution in [3.05, 3.63) is 0 Å². The Labute approximate surface area is 118 Å². The molecule has 19 heavy (non-hydrogen) atoms. The number of carbonyl (C=O) groups is 2. The van der Waals surface area contributed by atoms with Gasteiger partial charge in [-0.2, -0.15) is 11.8 Å². The maximum atomic E-state index is 11.9. The summed E-state index contributed by atoms with van der Waals surface area (Å²) in [7, 11) is 0. The van der Waals surface area contributed by atoms with Crippen LogP contribution >= 0.6 is 11.8 Å². The first kappa shape index (κ1) is 16.1. The molecule has 0 aliphatic carbocycles. The fourth-order valence-electron chi connectivity index (χ4n) is 2.05. The number of urea groups is 1. The molecule has 0 bridgehead atoms. The van der Waals surface area contributed by atoms with Crippen molar-refractivity contribution in [2.45, 2.75) is 19.3 Å². The number of carbonyl (C=O) groups excluding carboxylic acids is 2. The Balaban J connectivity index is 2.16. The second kappa shape index (κ2) is 9.03. The lowest BCUT2D eigenvalue weighted by Crippen LogP contribution is -2.47. The van der Waals surface area contributed by atoms with E-state index in [1.165, 1.54) is 4.90 Å². The van der Waals surface area contributed by atoms with Crippen molar-refractivity contribution in [1.82, 2.24) is 10.2 Å². The second-order valence-electron chi connectivity index (χ2n) is 4.60. The summed E-state index contributed by atoms with van der Waals surface area (Å²) in [5.41, 5.74) is 5.23. The normalized spacial score (nSPS) is 19.2. The van der Waals surface area contributed by atoms with E-state index in [-0.39, 0.29) is 18.4 Å². The van der Waals surface area contributed by atoms with Gasteiger partial charge in [-0.25, -0.2) is 4.79 Å². The SMILES string of the molecule is NC(=O)N1CCCC(C(=O)NCCSCCCO)C1. The van der Waals surface area contributed by atoms with Crippen LogP contribution in [0.25, 0.3) is 0 Å². The molecule has 1 aliphatic heterocycles. The quantitative estimate of drug-likeness (QED) is 0.575. The summed E-state index contributed by atoms with van der Waals surface area (Å²) in [6.45, 7) is 1.92. The molecule has 1 heterocycles. The fraction of sp³-hybridized carbons (Fsp3) is 0.833. The van der Waals surface area contributed by atoms with Crippen LogP contribution in [0.3, 0.4) is 0 Å². The van der Waals surface area contributed by atoms with Crippen LogP contribution < -0.4 is 11.1 Å². The predicted octanol–water partition coefficient (Wildman–Crippen LogP) is 0.00890. The zero-order chi connectivity index (χ0) is 14.1. The van der Waals surface area contributed by atoms with E-state index in [9.17, 15) is 9.59 Å². The van der Waals surface area contributed by atoms with E-state index in [2.05, 4.69) is 5.32 Å². The number of nitrogens with zero attached hydrogens (tertiary/aromatic N) is 1. The number of aliphatic hydroxyl groups is 1. The zero-order valence-corrected chi connectivity index (χ0v) is 12.0. The van der Waals surface area contributed by atoms with Crippen molar-refractivity contribution >= 4 is 23.7 Å². The third-order valence-electron chi connectivity index (χ3n) is 3.10. The van der Waals surface area contributed by atoms with Crippen LogP contribution in [0.5, 0.6) is 0 Å². The van der Waals surface area contributed by atoms with Gasteiger partial charge in [0.2, 0.25) is 5.91 Å². The fourth-order valence-corrected chi connectivity index (χ4v) is 2.83. The molecule has 1 rings (SSSR count). The van der Waals surface area contributed by atoms with E-state index in [0.717, 1.165) is 30.8 Å². The number of amides is 3. The van der Waals surface area contributed by atoms with Crippen molar-refractivity contribution in [3.8, 4) is 0 Å². The summed E-state index contributed by atoms with van der Waals surface area (Å²) in [5, 5.41) is 11.5. The van der Waals surface area contributed by atoms with Gasteiger partial charge in [-0.1, -0.05) is 0 Å². The van der Waals surface area contributed by atoms with E-state index in [0.29, 0.717) is 19.6 Å². The number of hydrogen-bond acceptors (Lipinski definition) is 4. The molecule has 4 N–H and O–H groups in total. The van der Waals surface area contributed by atoms with Gasteiger partial charge in [-0.05, 0) is 25.0 Å². The number of nitrogens with one attached hydrogen (secondary N) is 1. The molecular formula is C12H23N3O3S. The molecule has 0 aromatic heterocycles. The third kappa shape index (κ3) is 6.15. The lowest BCUT2D eigenvalue weighted by molar-refractivity contribution is -0.126. The molecule has 6 nitrogen and oxygen atoms in total. The molecule has 1 aliphatic rings. The number of nitrogens with two attached hydrogens (primary N) is 1. The van der Waals surface area contributed by atoms with Crippen LogP contribution in [-0.2, 0) is 4.79 Å². The molecule has 0 saturated carbocycles. The smallest absolute Gasteiger partial charge is 0.314 e. The number of aliphatic hydroxyl groups excluding tert-OH is 1. The maximum absolute atomic E-state index is 11.9. The Morgan fingerprint density at radius 3 is 2.89 bits per heavy atom. The van der Waals surface area contributed by atoms with Gasteiger partial charge in [-0.15, -0.1) is 0 Å². The van der Waals surface area contributed by atoms with Gasteiger partial charge in [0.1, 0.15) is 0 Å². The molecule has 1 unspecified atom stereocenters. The summed E-state index contributed by atoms with van der Waals surface area (Å²) in [4.78, 5) is 24.5. The molecule has 1 atom stereocenters. The molecule has 0 spiro atoms. The van der Waals surface area contributed by atoms with Gasteiger partial charge in [-0.3, -0.25) is 4.79 Å². The van der Waals surface area contributed by atoms with E-state index < -0.39 is 6.03 Å². The Morgan fingerprint density at radius 1 is 1.42 bits per heavy atom. The van der Waals surface area contributed by atoms with Gasteiger partial charge in [0.05, 0.1) is 5.92 Å². The number of hydrogen-bond donors (Lipinski definition) is 3. The predicted molar refractivity (Wildman–Crippen MR) is 75.9 cm³/mol. The van der Waals surface area contributed by atoms with Crippen LogP contribution in [0.1, 0.15) is 19.3 Å². The van der Waals surface area contributed by atoms with Gasteiger partial charge in [0.15, 0.2) is 0 Å². The van der Waals surface area contributed by atoms with Gasteiger partial charge in [0.25, 0.3) is 0 Å². The van der Waals surface area contributed by atoms with Gasteiger partial charge >= 0.3 is 6.03 Å². The van der Waals surface area contributed by atoms with Crippen molar-refractivity contribution in [2.24, 2.45) is 11.7 Å². The van der Waals surface area contributed by atoms with E-state index in [4.69, 9.17) is 10.8 Å². The minimum Gasteiger partial charge on any atom is -0.396 e. The average Bonchev–Trinajstić information content (AvgIpc) is 2.42. The molecule has 0 aromatic rings. The average molecular weight is 289 g/mol. The van der Waals surface area contributed by atoms with E-state index in [1.807, 2.05) is 0 Å². The van der Waals surface area contributed by atoms with E-state index >= 15 is 0 Å². The Morgan fingerprint density at radius 2 is 2.21 bits per heavy atom. The number of rotatable bonds is 7. The van der Waals surface area contributed by atoms with Crippen molar-refractivity contribution < 1.29 is 14.7 Å². The second-order valence-corrected chi connectivity index (χ2v) is 5.83. The van der Waals surface area contributed by atoms with Crippen molar-refractivity contribution in [1.29, 1.82) is 0 Å². The highest BCUT2D eigenvalue weighted by atomic mass is 32.2. The lowest BCUT2D eigenvalue weighted by Gasteiger charge is -2.30. The van der Waals surface area contributed by atoms with Gasteiger partial charge in [0, 0.05) is 32.0 Å². The topological polar surface area (TPSA) is 95.7 Å². The summed E-state index contributed by atoms with van der Waals surface area (Å²) >= 11 is 1.71. The largest absolute Gasteiger partial charge is 0.396 e. The molecule has 110 valence electrons. The molecule has 1 saturated heterocycles. The van der Waals surface area contributed by atoms with Gasteiger partial charge < -0.3 is 21.1 Å². The van der Waals surface area contributed by atoms with Crippen LogP contribution in [0.15, 0.2) is 0 Å². The summed E-state index contributed by atoms with van der Waals surface area (Å²) in [5.74, 6) is 1.63. The summed E-state index contributed by atoms with van der Waals surface area (Å²) < 4.78 is 0. The summed E-state index contributed by atoms with van der Waals surface area (Å²) in [6, 6.07) is -0.447. The maximum Gasteiger partial charge on any atom is 0.314 e. The monoisotopic (exact) mass is 289 g/mol. The van der Waals surface area contributed by atoms with Crippen LogP contribution in [0.2, 0.25) is 0 Å². The van der Waals surface area contributed by atoms with Crippen LogP contribution in [0.4, 0.5) is 4.79 Å². The highest BCUT2D eigenvalue weighted by molar-refractivity contribution is 7.99. The molecule has 1 fully saturated rings. The lowest BCUT2D eigenvalue weighted by atomic mass is 9.97. The first-order valence-corrected chi connectivity index (χ1v) is 7.81. The minimum absolute atomic E-state index is 0.00806. The molecule has 0 radical (unpaired) electrons. The first-order valence-electron chi connectivity index (χ1n) is 6.66. The number of likely N-dealkylation sites (tertiary alicyclic amines) is 1. The highest BCUT2D eigenvalue weighted by Gasteiger charge is 2.26. The van der Waals surface area contributed by atoms with Crippen LogP contribution in [-0.4, -0.2) is 59.7 Å². The first-order chi connectivity index (χ1) is 9.15. The zero-order valence-electron chi connectivity index (χ0n) is 11.1. The van der Waals surface area contributed by atoms with Crippen LogP contribution in [0, 0.1) is 5.92 Å². The number of piperidine rings is 1. The molecule has 3 amide bonds. The Kier molecular flexibility index (Phi) is 7.66. The number of primary amides is 1. The Hall–Kier alpha value is -0.950. The molecular weight excluding hydrogens is 266 g/mol. The number of thioether (sulfide) groups is 1. The molecule has 0 aromatic carbocycles. The van der Waals surface area contributed by atoms with E-state index in [1.54, 1.807) is 11.8 Å².